The highest BCUT2D eigenvalue weighted by atomic mass is 19.4. The first-order chi connectivity index (χ1) is 13.6. The molecule has 1 aromatic rings. The van der Waals surface area contributed by atoms with Crippen molar-refractivity contribution in [1.29, 1.82) is 0 Å². The molecule has 0 bridgehead atoms. The Hall–Kier alpha value is -2.29. The Morgan fingerprint density at radius 2 is 1.90 bits per heavy atom. The van der Waals surface area contributed by atoms with E-state index < -0.39 is 12.2 Å². The minimum atomic E-state index is -4.20. The molecular formula is C20H30F3N5O. The van der Waals surface area contributed by atoms with Crippen molar-refractivity contribution in [1.82, 2.24) is 20.0 Å². The SMILES string of the molecule is CN=C(NCCc1cccc(C(=O)N(C)C)c1)N1CCN(C(C)C(F)(F)F)CC1. The van der Waals surface area contributed by atoms with Crippen LogP contribution in [0.1, 0.15) is 22.8 Å². The maximum atomic E-state index is 12.9. The first-order valence-corrected chi connectivity index (χ1v) is 9.70. The van der Waals surface area contributed by atoms with Crippen LogP contribution < -0.4 is 5.32 Å². The Kier molecular flexibility index (Phi) is 7.89. The summed E-state index contributed by atoms with van der Waals surface area (Å²) in [5.74, 6) is 0.645. The molecule has 9 heteroatoms. The van der Waals surface area contributed by atoms with E-state index in [9.17, 15) is 18.0 Å². The van der Waals surface area contributed by atoms with Crippen molar-refractivity contribution < 1.29 is 18.0 Å². The molecule has 162 valence electrons. The number of hydrogen-bond donors (Lipinski definition) is 1. The second kappa shape index (κ2) is 9.96. The Balaban J connectivity index is 1.85. The van der Waals surface area contributed by atoms with Crippen LogP contribution in [0.4, 0.5) is 13.2 Å². The summed E-state index contributed by atoms with van der Waals surface area (Å²) in [6.45, 7) is 3.50. The normalized spacial score (nSPS) is 17.2. The van der Waals surface area contributed by atoms with E-state index in [0.29, 0.717) is 50.7 Å². The zero-order chi connectivity index (χ0) is 21.6. The van der Waals surface area contributed by atoms with E-state index in [-0.39, 0.29) is 5.91 Å². The van der Waals surface area contributed by atoms with Gasteiger partial charge in [-0.2, -0.15) is 13.2 Å². The van der Waals surface area contributed by atoms with E-state index in [2.05, 4.69) is 10.3 Å². The van der Waals surface area contributed by atoms with E-state index in [1.165, 1.54) is 11.8 Å². The third-order valence-electron chi connectivity index (χ3n) is 5.12. The lowest BCUT2D eigenvalue weighted by Crippen LogP contribution is -2.56. The van der Waals surface area contributed by atoms with Crippen molar-refractivity contribution in [3.63, 3.8) is 0 Å². The molecule has 1 N–H and O–H groups in total. The van der Waals surface area contributed by atoms with Crippen LogP contribution in [0.3, 0.4) is 0 Å². The van der Waals surface area contributed by atoms with Gasteiger partial charge in [0, 0.05) is 59.4 Å². The van der Waals surface area contributed by atoms with Gasteiger partial charge in [0.15, 0.2) is 5.96 Å². The van der Waals surface area contributed by atoms with Gasteiger partial charge in [-0.1, -0.05) is 12.1 Å². The van der Waals surface area contributed by atoms with Crippen molar-refractivity contribution in [3.8, 4) is 0 Å². The van der Waals surface area contributed by atoms with E-state index in [0.717, 1.165) is 5.56 Å². The van der Waals surface area contributed by atoms with Crippen LogP contribution in [0.5, 0.6) is 0 Å². The lowest BCUT2D eigenvalue weighted by atomic mass is 10.1. The van der Waals surface area contributed by atoms with Gasteiger partial charge in [-0.25, -0.2) is 0 Å². The van der Waals surface area contributed by atoms with Gasteiger partial charge in [0.05, 0.1) is 0 Å². The van der Waals surface area contributed by atoms with Gasteiger partial charge in [0.1, 0.15) is 6.04 Å². The number of halogens is 3. The van der Waals surface area contributed by atoms with Gasteiger partial charge in [-0.3, -0.25) is 14.7 Å². The van der Waals surface area contributed by atoms with E-state index in [1.807, 2.05) is 23.1 Å². The Morgan fingerprint density at radius 3 is 2.45 bits per heavy atom. The van der Waals surface area contributed by atoms with Crippen LogP contribution in [-0.2, 0) is 6.42 Å². The Morgan fingerprint density at radius 1 is 1.24 bits per heavy atom. The highest BCUT2D eigenvalue weighted by molar-refractivity contribution is 5.94. The molecule has 1 aliphatic rings. The Labute approximate surface area is 170 Å². The van der Waals surface area contributed by atoms with Crippen LogP contribution in [0.15, 0.2) is 29.3 Å². The zero-order valence-corrected chi connectivity index (χ0v) is 17.5. The summed E-state index contributed by atoms with van der Waals surface area (Å²) in [5.41, 5.74) is 1.68. The predicted octanol–water partition coefficient (Wildman–Crippen LogP) is 2.07. The van der Waals surface area contributed by atoms with Crippen LogP contribution in [0.2, 0.25) is 0 Å². The van der Waals surface area contributed by atoms with Gasteiger partial charge < -0.3 is 15.1 Å². The average Bonchev–Trinajstić information content (AvgIpc) is 2.69. The third kappa shape index (κ3) is 6.35. The molecule has 1 fully saturated rings. The number of benzene rings is 1. The quantitative estimate of drug-likeness (QED) is 0.593. The van der Waals surface area contributed by atoms with Crippen molar-refractivity contribution in [2.75, 3.05) is 53.9 Å². The lowest BCUT2D eigenvalue weighted by molar-refractivity contribution is -0.181. The van der Waals surface area contributed by atoms with Crippen molar-refractivity contribution in [2.45, 2.75) is 25.6 Å². The van der Waals surface area contributed by atoms with Gasteiger partial charge in [-0.05, 0) is 31.0 Å². The molecule has 1 unspecified atom stereocenters. The molecule has 1 saturated heterocycles. The standard InChI is InChI=1S/C20H30F3N5O/c1-15(20(21,22)23)27-10-12-28(13-11-27)19(24-2)25-9-8-16-6-5-7-17(14-16)18(29)26(3)4/h5-7,14-15H,8-13H2,1-4H3,(H,24,25). The number of nitrogens with zero attached hydrogens (tertiary/aromatic N) is 4. The fourth-order valence-electron chi connectivity index (χ4n) is 3.30. The molecule has 0 spiro atoms. The molecular weight excluding hydrogens is 383 g/mol. The fourth-order valence-corrected chi connectivity index (χ4v) is 3.30. The Bertz CT molecular complexity index is 712. The summed E-state index contributed by atoms with van der Waals surface area (Å²) in [7, 11) is 5.11. The molecule has 29 heavy (non-hydrogen) atoms. The molecule has 0 radical (unpaired) electrons. The summed E-state index contributed by atoms with van der Waals surface area (Å²) < 4.78 is 38.7. The number of alkyl halides is 3. The van der Waals surface area contributed by atoms with E-state index in [1.54, 1.807) is 32.1 Å². The smallest absolute Gasteiger partial charge is 0.356 e. The minimum Gasteiger partial charge on any atom is -0.356 e. The lowest BCUT2D eigenvalue weighted by Gasteiger charge is -2.39. The predicted molar refractivity (Wildman–Crippen MR) is 108 cm³/mol. The molecule has 1 aromatic carbocycles. The number of piperazine rings is 1. The topological polar surface area (TPSA) is 51.2 Å². The highest BCUT2D eigenvalue weighted by Gasteiger charge is 2.41. The summed E-state index contributed by atoms with van der Waals surface area (Å²) in [4.78, 5) is 21.3. The van der Waals surface area contributed by atoms with Gasteiger partial charge in [0.25, 0.3) is 5.91 Å². The number of carbonyl (C=O) groups is 1. The second-order valence-electron chi connectivity index (χ2n) is 7.36. The zero-order valence-electron chi connectivity index (χ0n) is 17.5. The molecule has 0 saturated carbocycles. The number of amides is 1. The second-order valence-corrected chi connectivity index (χ2v) is 7.36. The molecule has 1 amide bonds. The molecule has 6 nitrogen and oxygen atoms in total. The number of nitrogens with one attached hydrogen (secondary N) is 1. The molecule has 1 aliphatic heterocycles. The maximum Gasteiger partial charge on any atom is 0.403 e. The van der Waals surface area contributed by atoms with Gasteiger partial charge >= 0.3 is 6.18 Å². The molecule has 1 heterocycles. The maximum absolute atomic E-state index is 12.9. The first kappa shape index (κ1) is 23.0. The first-order valence-electron chi connectivity index (χ1n) is 9.70. The molecule has 0 aliphatic carbocycles. The summed E-state index contributed by atoms with van der Waals surface area (Å²) >= 11 is 0. The molecule has 2 rings (SSSR count). The van der Waals surface area contributed by atoms with E-state index in [4.69, 9.17) is 0 Å². The van der Waals surface area contributed by atoms with Crippen molar-refractivity contribution in [3.05, 3.63) is 35.4 Å². The monoisotopic (exact) mass is 413 g/mol. The minimum absolute atomic E-state index is 0.0402. The summed E-state index contributed by atoms with van der Waals surface area (Å²) in [6.07, 6.45) is -3.50. The number of aliphatic imine (C=N–C) groups is 1. The molecule has 1 atom stereocenters. The summed E-state index contributed by atoms with van der Waals surface area (Å²) in [6, 6.07) is 6.07. The van der Waals surface area contributed by atoms with Crippen molar-refractivity contribution >= 4 is 11.9 Å². The summed E-state index contributed by atoms with van der Waals surface area (Å²) in [5, 5.41) is 3.27. The average molecular weight is 413 g/mol. The number of rotatable bonds is 5. The number of guanidine groups is 1. The largest absolute Gasteiger partial charge is 0.403 e. The number of carbonyl (C=O) groups excluding carboxylic acids is 1. The van der Waals surface area contributed by atoms with Gasteiger partial charge in [-0.15, -0.1) is 0 Å². The van der Waals surface area contributed by atoms with Crippen LogP contribution in [0, 0.1) is 0 Å². The third-order valence-corrected chi connectivity index (χ3v) is 5.12. The van der Waals surface area contributed by atoms with Crippen molar-refractivity contribution in [2.24, 2.45) is 4.99 Å². The van der Waals surface area contributed by atoms with Gasteiger partial charge in [0.2, 0.25) is 0 Å². The van der Waals surface area contributed by atoms with E-state index >= 15 is 0 Å². The molecule has 0 aromatic heterocycles. The van der Waals surface area contributed by atoms with Crippen LogP contribution >= 0.6 is 0 Å². The van der Waals surface area contributed by atoms with Crippen LogP contribution in [0.25, 0.3) is 0 Å². The highest BCUT2D eigenvalue weighted by Crippen LogP contribution is 2.25. The number of hydrogen-bond acceptors (Lipinski definition) is 3. The van der Waals surface area contributed by atoms with Crippen LogP contribution in [-0.4, -0.2) is 92.7 Å². The fraction of sp³-hybridized carbons (Fsp3) is 0.600.